The van der Waals surface area contributed by atoms with E-state index in [2.05, 4.69) is 34.0 Å². The van der Waals surface area contributed by atoms with Gasteiger partial charge >= 0.3 is 0 Å². The molecule has 0 radical (unpaired) electrons. The largest absolute Gasteiger partial charge is 0.393 e. The van der Waals surface area contributed by atoms with Gasteiger partial charge in [-0.25, -0.2) is 9.97 Å². The van der Waals surface area contributed by atoms with Crippen LogP contribution in [0, 0.1) is 0 Å². The Morgan fingerprint density at radius 2 is 2.00 bits per heavy atom. The van der Waals surface area contributed by atoms with Crippen molar-refractivity contribution in [3.63, 3.8) is 0 Å². The molecule has 1 aromatic rings. The number of anilines is 3. The van der Waals surface area contributed by atoms with E-state index in [1.807, 2.05) is 0 Å². The Hall–Kier alpha value is -1.52. The van der Waals surface area contributed by atoms with E-state index < -0.39 is 0 Å². The standard InChI is InChI=1S/C9H17N5/c1-4-14(5-2)9-7(10)8(11-3)12-6-13-9/h6H,4-5,10H2,1-3H3,(H,11,12,13). The number of hydrogen-bond acceptors (Lipinski definition) is 5. The molecule has 0 saturated carbocycles. The molecule has 0 spiro atoms. The molecule has 0 aliphatic heterocycles. The van der Waals surface area contributed by atoms with E-state index in [-0.39, 0.29) is 0 Å². The minimum absolute atomic E-state index is 0.610. The van der Waals surface area contributed by atoms with Crippen molar-refractivity contribution in [1.29, 1.82) is 0 Å². The average Bonchev–Trinajstić information content (AvgIpc) is 2.22. The van der Waals surface area contributed by atoms with E-state index in [9.17, 15) is 0 Å². The van der Waals surface area contributed by atoms with Crippen molar-refractivity contribution in [2.75, 3.05) is 36.1 Å². The molecule has 0 aliphatic carbocycles. The van der Waals surface area contributed by atoms with Crippen LogP contribution in [0.2, 0.25) is 0 Å². The van der Waals surface area contributed by atoms with Crippen LogP contribution in [0.25, 0.3) is 0 Å². The van der Waals surface area contributed by atoms with Crippen molar-refractivity contribution >= 4 is 17.3 Å². The summed E-state index contributed by atoms with van der Waals surface area (Å²) in [4.78, 5) is 10.3. The number of rotatable bonds is 4. The highest BCUT2D eigenvalue weighted by atomic mass is 15.2. The van der Waals surface area contributed by atoms with E-state index in [4.69, 9.17) is 5.73 Å². The lowest BCUT2D eigenvalue weighted by Crippen LogP contribution is -2.24. The number of nitrogens with two attached hydrogens (primary N) is 1. The maximum Gasteiger partial charge on any atom is 0.157 e. The highest BCUT2D eigenvalue weighted by molar-refractivity contribution is 5.74. The third-order valence-corrected chi connectivity index (χ3v) is 2.16. The fourth-order valence-corrected chi connectivity index (χ4v) is 1.36. The van der Waals surface area contributed by atoms with Crippen LogP contribution in [0.3, 0.4) is 0 Å². The second-order valence-electron chi connectivity index (χ2n) is 2.88. The maximum atomic E-state index is 5.92. The van der Waals surface area contributed by atoms with E-state index in [1.54, 1.807) is 7.05 Å². The molecule has 0 bridgehead atoms. The second-order valence-corrected chi connectivity index (χ2v) is 2.88. The van der Waals surface area contributed by atoms with Crippen LogP contribution in [0.4, 0.5) is 17.3 Å². The zero-order valence-electron chi connectivity index (χ0n) is 8.91. The van der Waals surface area contributed by atoms with Gasteiger partial charge in [-0.2, -0.15) is 0 Å². The Morgan fingerprint density at radius 3 is 2.50 bits per heavy atom. The molecule has 0 unspecified atom stereocenters. The summed E-state index contributed by atoms with van der Waals surface area (Å²) in [5, 5.41) is 2.94. The van der Waals surface area contributed by atoms with Crippen molar-refractivity contribution in [3.8, 4) is 0 Å². The Balaban J connectivity index is 3.07. The first-order chi connectivity index (χ1) is 6.74. The van der Waals surface area contributed by atoms with E-state index in [1.165, 1.54) is 6.33 Å². The predicted octanol–water partition coefficient (Wildman–Crippen LogP) is 0.947. The van der Waals surface area contributed by atoms with Gasteiger partial charge in [-0.1, -0.05) is 0 Å². The van der Waals surface area contributed by atoms with Crippen LogP contribution in [0.15, 0.2) is 6.33 Å². The summed E-state index contributed by atoms with van der Waals surface area (Å²) < 4.78 is 0. The Bertz CT molecular complexity index is 295. The summed E-state index contributed by atoms with van der Waals surface area (Å²) >= 11 is 0. The lowest BCUT2D eigenvalue weighted by Gasteiger charge is -2.21. The minimum Gasteiger partial charge on any atom is -0.393 e. The van der Waals surface area contributed by atoms with Gasteiger partial charge < -0.3 is 16.0 Å². The van der Waals surface area contributed by atoms with Gasteiger partial charge in [0.05, 0.1) is 0 Å². The Kier molecular flexibility index (Phi) is 3.50. The fraction of sp³-hybridized carbons (Fsp3) is 0.556. The summed E-state index contributed by atoms with van der Waals surface area (Å²) in [5.74, 6) is 1.48. The van der Waals surface area contributed by atoms with Gasteiger partial charge in [0.2, 0.25) is 0 Å². The lowest BCUT2D eigenvalue weighted by molar-refractivity contribution is 0.844. The van der Waals surface area contributed by atoms with Crippen molar-refractivity contribution in [2.24, 2.45) is 0 Å². The van der Waals surface area contributed by atoms with Crippen LogP contribution in [-0.2, 0) is 0 Å². The molecular weight excluding hydrogens is 178 g/mol. The highest BCUT2D eigenvalue weighted by Gasteiger charge is 2.10. The fourth-order valence-electron chi connectivity index (χ4n) is 1.36. The summed E-state index contributed by atoms with van der Waals surface area (Å²) in [6.45, 7) is 5.93. The predicted molar refractivity (Wildman–Crippen MR) is 59.6 cm³/mol. The highest BCUT2D eigenvalue weighted by Crippen LogP contribution is 2.24. The molecule has 5 nitrogen and oxygen atoms in total. The summed E-state index contributed by atoms with van der Waals surface area (Å²) in [5.41, 5.74) is 6.53. The van der Waals surface area contributed by atoms with Gasteiger partial charge in [-0.05, 0) is 13.8 Å². The number of aromatic nitrogens is 2. The van der Waals surface area contributed by atoms with Gasteiger partial charge in [-0.3, -0.25) is 0 Å². The normalized spacial score (nSPS) is 9.93. The quantitative estimate of drug-likeness (QED) is 0.748. The molecule has 1 rings (SSSR count). The smallest absolute Gasteiger partial charge is 0.157 e. The number of hydrogen-bond donors (Lipinski definition) is 2. The zero-order valence-corrected chi connectivity index (χ0v) is 8.91. The van der Waals surface area contributed by atoms with Crippen molar-refractivity contribution in [1.82, 2.24) is 9.97 Å². The number of nitrogens with zero attached hydrogens (tertiary/aromatic N) is 3. The van der Waals surface area contributed by atoms with Crippen LogP contribution in [0.1, 0.15) is 13.8 Å². The van der Waals surface area contributed by atoms with Gasteiger partial charge in [0, 0.05) is 20.1 Å². The third-order valence-electron chi connectivity index (χ3n) is 2.16. The molecule has 0 amide bonds. The van der Waals surface area contributed by atoms with E-state index in [0.717, 1.165) is 18.9 Å². The van der Waals surface area contributed by atoms with E-state index in [0.29, 0.717) is 11.5 Å². The van der Waals surface area contributed by atoms with E-state index >= 15 is 0 Å². The first-order valence-electron chi connectivity index (χ1n) is 4.77. The summed E-state index contributed by atoms with van der Waals surface area (Å²) in [6, 6.07) is 0. The van der Waals surface area contributed by atoms with Crippen molar-refractivity contribution < 1.29 is 0 Å². The molecule has 0 atom stereocenters. The van der Waals surface area contributed by atoms with Crippen molar-refractivity contribution in [2.45, 2.75) is 13.8 Å². The monoisotopic (exact) mass is 195 g/mol. The molecule has 14 heavy (non-hydrogen) atoms. The van der Waals surface area contributed by atoms with Crippen LogP contribution in [-0.4, -0.2) is 30.1 Å². The maximum absolute atomic E-state index is 5.92. The van der Waals surface area contributed by atoms with Crippen molar-refractivity contribution in [3.05, 3.63) is 6.33 Å². The third kappa shape index (κ3) is 1.86. The molecule has 5 heteroatoms. The molecular formula is C9H17N5. The molecule has 3 N–H and O–H groups in total. The average molecular weight is 195 g/mol. The first-order valence-corrected chi connectivity index (χ1v) is 4.77. The second kappa shape index (κ2) is 4.64. The molecule has 0 saturated heterocycles. The molecule has 0 aliphatic rings. The van der Waals surface area contributed by atoms with Crippen LogP contribution in [0.5, 0.6) is 0 Å². The molecule has 0 fully saturated rings. The lowest BCUT2D eigenvalue weighted by atomic mass is 10.4. The van der Waals surface area contributed by atoms with Gasteiger partial charge in [-0.15, -0.1) is 0 Å². The number of nitrogen functional groups attached to an aromatic ring is 1. The Morgan fingerprint density at radius 1 is 1.36 bits per heavy atom. The van der Waals surface area contributed by atoms with Crippen LogP contribution < -0.4 is 16.0 Å². The summed E-state index contributed by atoms with van der Waals surface area (Å²) in [6.07, 6.45) is 1.52. The molecule has 1 aromatic heterocycles. The molecule has 0 aromatic carbocycles. The Labute approximate surface area is 84.3 Å². The first kappa shape index (κ1) is 10.6. The van der Waals surface area contributed by atoms with Gasteiger partial charge in [0.15, 0.2) is 11.6 Å². The number of nitrogens with one attached hydrogen (secondary N) is 1. The molecule has 78 valence electrons. The van der Waals surface area contributed by atoms with Gasteiger partial charge in [0.25, 0.3) is 0 Å². The summed E-state index contributed by atoms with van der Waals surface area (Å²) in [7, 11) is 1.80. The zero-order chi connectivity index (χ0) is 10.6. The minimum atomic E-state index is 0.610. The van der Waals surface area contributed by atoms with Crippen LogP contribution >= 0.6 is 0 Å². The SMILES string of the molecule is CCN(CC)c1ncnc(NC)c1N. The molecule has 1 heterocycles. The topological polar surface area (TPSA) is 67.1 Å². The van der Waals surface area contributed by atoms with Gasteiger partial charge in [0.1, 0.15) is 12.0 Å².